The molecule has 2 unspecified atom stereocenters. The summed E-state index contributed by atoms with van der Waals surface area (Å²) in [5.74, 6) is 0.696. The molecule has 1 saturated heterocycles. The number of aliphatic carboxylic acids is 1. The Bertz CT molecular complexity index is 279. The van der Waals surface area contributed by atoms with Crippen LogP contribution in [0.25, 0.3) is 0 Å². The van der Waals surface area contributed by atoms with Crippen LogP contribution >= 0.6 is 11.8 Å². The summed E-state index contributed by atoms with van der Waals surface area (Å²) >= 11 is 1.75. The van der Waals surface area contributed by atoms with Crippen molar-refractivity contribution >= 4 is 23.6 Å². The van der Waals surface area contributed by atoms with Crippen molar-refractivity contribution in [1.29, 1.82) is 0 Å². The highest BCUT2D eigenvalue weighted by atomic mass is 32.2. The molecule has 2 atom stereocenters. The summed E-state index contributed by atoms with van der Waals surface area (Å²) < 4.78 is 0. The molecule has 0 aromatic rings. The predicted molar refractivity (Wildman–Crippen MR) is 64.5 cm³/mol. The van der Waals surface area contributed by atoms with Crippen molar-refractivity contribution in [2.45, 2.75) is 33.2 Å². The number of carboxylic acids is 1. The van der Waals surface area contributed by atoms with Gasteiger partial charge in [0.15, 0.2) is 0 Å². The highest BCUT2D eigenvalue weighted by Gasteiger charge is 2.34. The number of carbonyl (C=O) groups is 2. The van der Waals surface area contributed by atoms with Gasteiger partial charge in [-0.15, -0.1) is 0 Å². The number of nitrogens with one attached hydrogen (secondary N) is 1. The number of hydrogen-bond acceptors (Lipinski definition) is 3. The van der Waals surface area contributed by atoms with E-state index in [4.69, 9.17) is 5.11 Å². The number of carbonyl (C=O) groups excluding carboxylic acids is 1. The van der Waals surface area contributed by atoms with Gasteiger partial charge in [-0.05, 0) is 17.6 Å². The maximum absolute atomic E-state index is 11.8. The first-order chi connectivity index (χ1) is 7.32. The van der Waals surface area contributed by atoms with Crippen LogP contribution in [0, 0.1) is 11.3 Å². The van der Waals surface area contributed by atoms with E-state index in [0.717, 1.165) is 17.9 Å². The van der Waals surface area contributed by atoms with E-state index in [9.17, 15) is 9.59 Å². The molecule has 0 aromatic heterocycles. The fourth-order valence-electron chi connectivity index (χ4n) is 1.65. The quantitative estimate of drug-likeness (QED) is 0.788. The van der Waals surface area contributed by atoms with Gasteiger partial charge in [0.05, 0.1) is 0 Å². The number of rotatable bonds is 3. The summed E-state index contributed by atoms with van der Waals surface area (Å²) in [5.41, 5.74) is -0.465. The van der Waals surface area contributed by atoms with Crippen molar-refractivity contribution in [1.82, 2.24) is 5.32 Å². The van der Waals surface area contributed by atoms with Crippen molar-refractivity contribution in [3.05, 3.63) is 0 Å². The number of carboxylic acid groups (broad SMARTS) is 1. The van der Waals surface area contributed by atoms with E-state index < -0.39 is 17.4 Å². The van der Waals surface area contributed by atoms with Gasteiger partial charge in [-0.1, -0.05) is 20.8 Å². The molecule has 0 radical (unpaired) electrons. The van der Waals surface area contributed by atoms with Crippen LogP contribution in [0.4, 0.5) is 0 Å². The first kappa shape index (κ1) is 13.4. The molecule has 1 aliphatic heterocycles. The molecular weight excluding hydrogens is 226 g/mol. The molecule has 5 heteroatoms. The molecular formula is C11H19NO3S. The Morgan fingerprint density at radius 2 is 2.06 bits per heavy atom. The van der Waals surface area contributed by atoms with Crippen LogP contribution in [0.3, 0.4) is 0 Å². The van der Waals surface area contributed by atoms with E-state index in [2.05, 4.69) is 5.32 Å². The van der Waals surface area contributed by atoms with Gasteiger partial charge in [-0.25, -0.2) is 4.79 Å². The van der Waals surface area contributed by atoms with Gasteiger partial charge in [0, 0.05) is 11.7 Å². The molecule has 0 spiro atoms. The third kappa shape index (κ3) is 3.40. The molecule has 0 bridgehead atoms. The molecule has 0 saturated carbocycles. The molecule has 1 amide bonds. The highest BCUT2D eigenvalue weighted by molar-refractivity contribution is 7.99. The van der Waals surface area contributed by atoms with Crippen LogP contribution in [0.1, 0.15) is 27.2 Å². The average Bonchev–Trinajstić information content (AvgIpc) is 2.63. The fourth-order valence-corrected chi connectivity index (χ4v) is 2.87. The summed E-state index contributed by atoms with van der Waals surface area (Å²) in [6, 6.07) is -0.814. The molecule has 4 nitrogen and oxygen atoms in total. The normalized spacial score (nSPS) is 22.8. The second kappa shape index (κ2) is 5.08. The van der Waals surface area contributed by atoms with E-state index in [1.54, 1.807) is 11.8 Å². The van der Waals surface area contributed by atoms with E-state index >= 15 is 0 Å². The van der Waals surface area contributed by atoms with Crippen molar-refractivity contribution < 1.29 is 14.7 Å². The first-order valence-electron chi connectivity index (χ1n) is 5.43. The molecule has 2 N–H and O–H groups in total. The van der Waals surface area contributed by atoms with E-state index in [1.165, 1.54) is 0 Å². The van der Waals surface area contributed by atoms with Crippen LogP contribution in [0.2, 0.25) is 0 Å². The third-order valence-electron chi connectivity index (χ3n) is 2.70. The third-order valence-corrected chi connectivity index (χ3v) is 3.86. The molecule has 0 aliphatic carbocycles. The Morgan fingerprint density at radius 3 is 2.44 bits per heavy atom. The summed E-state index contributed by atoms with van der Waals surface area (Å²) in [4.78, 5) is 22.9. The molecule has 1 heterocycles. The fraction of sp³-hybridized carbons (Fsp3) is 0.818. The molecule has 1 aliphatic rings. The van der Waals surface area contributed by atoms with E-state index in [-0.39, 0.29) is 11.8 Å². The minimum Gasteiger partial charge on any atom is -0.480 e. The van der Waals surface area contributed by atoms with Crippen LogP contribution in [-0.4, -0.2) is 34.5 Å². The molecule has 92 valence electrons. The largest absolute Gasteiger partial charge is 0.480 e. The molecule has 1 rings (SSSR count). The van der Waals surface area contributed by atoms with E-state index in [0.29, 0.717) is 0 Å². The lowest BCUT2D eigenvalue weighted by Gasteiger charge is -2.28. The predicted octanol–water partition coefficient (Wildman–Crippen LogP) is 1.35. The van der Waals surface area contributed by atoms with Crippen molar-refractivity contribution in [3.63, 3.8) is 0 Å². The lowest BCUT2D eigenvalue weighted by molar-refractivity contribution is -0.145. The second-order valence-corrected chi connectivity index (χ2v) is 6.36. The Labute approximate surface area is 100 Å². The van der Waals surface area contributed by atoms with Crippen LogP contribution in [0.15, 0.2) is 0 Å². The summed E-state index contributed by atoms with van der Waals surface area (Å²) in [5, 5.41) is 11.7. The summed E-state index contributed by atoms with van der Waals surface area (Å²) in [7, 11) is 0. The van der Waals surface area contributed by atoms with Gasteiger partial charge in [0.25, 0.3) is 0 Å². The van der Waals surface area contributed by atoms with Crippen molar-refractivity contribution in [3.8, 4) is 0 Å². The van der Waals surface area contributed by atoms with Gasteiger partial charge in [-0.2, -0.15) is 11.8 Å². The van der Waals surface area contributed by atoms with Crippen LogP contribution in [-0.2, 0) is 9.59 Å². The van der Waals surface area contributed by atoms with Gasteiger partial charge < -0.3 is 10.4 Å². The lowest BCUT2D eigenvalue weighted by Crippen LogP contribution is -2.50. The molecule has 16 heavy (non-hydrogen) atoms. The minimum absolute atomic E-state index is 0.0193. The Hall–Kier alpha value is -0.710. The monoisotopic (exact) mass is 245 g/mol. The van der Waals surface area contributed by atoms with Crippen molar-refractivity contribution in [2.75, 3.05) is 11.5 Å². The zero-order valence-electron chi connectivity index (χ0n) is 9.95. The summed E-state index contributed by atoms with van der Waals surface area (Å²) in [6.45, 7) is 5.44. The van der Waals surface area contributed by atoms with Gasteiger partial charge in [-0.3, -0.25) is 4.79 Å². The molecule has 0 aromatic carbocycles. The molecule has 1 fully saturated rings. The van der Waals surface area contributed by atoms with Crippen LogP contribution < -0.4 is 5.32 Å². The highest BCUT2D eigenvalue weighted by Crippen LogP contribution is 2.25. The zero-order chi connectivity index (χ0) is 12.3. The second-order valence-electron chi connectivity index (χ2n) is 5.21. The number of amides is 1. The average molecular weight is 245 g/mol. The van der Waals surface area contributed by atoms with Crippen molar-refractivity contribution in [2.24, 2.45) is 11.3 Å². The lowest BCUT2D eigenvalue weighted by atomic mass is 9.86. The topological polar surface area (TPSA) is 66.4 Å². The Balaban J connectivity index is 2.61. The first-order valence-corrected chi connectivity index (χ1v) is 6.59. The standard InChI is InChI=1S/C11H19NO3S/c1-11(2,3)8(10(14)15)12-9(13)7-4-5-16-6-7/h7-8H,4-6H2,1-3H3,(H,12,13)(H,14,15). The zero-order valence-corrected chi connectivity index (χ0v) is 10.8. The van der Waals surface area contributed by atoms with Gasteiger partial charge >= 0.3 is 5.97 Å². The summed E-state index contributed by atoms with van der Waals surface area (Å²) in [6.07, 6.45) is 0.854. The van der Waals surface area contributed by atoms with Gasteiger partial charge in [0.1, 0.15) is 6.04 Å². The maximum atomic E-state index is 11.8. The van der Waals surface area contributed by atoms with Crippen LogP contribution in [0.5, 0.6) is 0 Å². The Morgan fingerprint density at radius 1 is 1.44 bits per heavy atom. The minimum atomic E-state index is -0.966. The number of thioether (sulfide) groups is 1. The SMILES string of the molecule is CC(C)(C)C(NC(=O)C1CCSC1)C(=O)O. The Kier molecular flexibility index (Phi) is 4.24. The maximum Gasteiger partial charge on any atom is 0.326 e. The smallest absolute Gasteiger partial charge is 0.326 e. The number of hydrogen-bond donors (Lipinski definition) is 2. The van der Waals surface area contributed by atoms with E-state index in [1.807, 2.05) is 20.8 Å². The van der Waals surface area contributed by atoms with Gasteiger partial charge in [0.2, 0.25) is 5.91 Å².